The molecule has 11 heteroatoms. The van der Waals surface area contributed by atoms with E-state index >= 15 is 0 Å². The molecule has 3 rings (SSSR count). The van der Waals surface area contributed by atoms with E-state index in [4.69, 9.17) is 0 Å². The van der Waals surface area contributed by atoms with Gasteiger partial charge in [-0.2, -0.15) is 4.90 Å². The number of aromatic nitrogens is 3. The van der Waals surface area contributed by atoms with Crippen LogP contribution in [0.2, 0.25) is 0 Å². The lowest BCUT2D eigenvalue weighted by Crippen LogP contribution is -2.42. The lowest BCUT2D eigenvalue weighted by atomic mass is 10.0. The van der Waals surface area contributed by atoms with E-state index in [0.717, 1.165) is 4.80 Å². The summed E-state index contributed by atoms with van der Waals surface area (Å²) in [6, 6.07) is 7.97. The largest absolute Gasteiger partial charge is 0.692 e. The zero-order valence-corrected chi connectivity index (χ0v) is 11.3. The van der Waals surface area contributed by atoms with Crippen molar-refractivity contribution >= 4 is 5.71 Å². The molecule has 0 saturated carbocycles. The first-order valence-corrected chi connectivity index (χ1v) is 6.25. The van der Waals surface area contributed by atoms with Crippen LogP contribution in [0.1, 0.15) is 17.5 Å². The molecule has 1 aliphatic rings. The van der Waals surface area contributed by atoms with Crippen molar-refractivity contribution in [2.45, 2.75) is 6.10 Å². The maximum absolute atomic E-state index is 12.3. The van der Waals surface area contributed by atoms with Gasteiger partial charge in [-0.25, -0.2) is 0 Å². The van der Waals surface area contributed by atoms with Crippen LogP contribution in [0.4, 0.5) is 0 Å². The quantitative estimate of drug-likeness (QED) is 0.338. The van der Waals surface area contributed by atoms with Gasteiger partial charge in [-0.05, 0) is 16.9 Å². The normalized spacial score (nSPS) is 16.7. The summed E-state index contributed by atoms with van der Waals surface area (Å²) < 4.78 is 0. The molecule has 0 amide bonds. The van der Waals surface area contributed by atoms with E-state index in [9.17, 15) is 30.8 Å². The van der Waals surface area contributed by atoms with Crippen LogP contribution >= 0.6 is 0 Å². The van der Waals surface area contributed by atoms with Crippen LogP contribution in [0.15, 0.2) is 42.1 Å². The highest BCUT2D eigenvalue weighted by atomic mass is 16.8. The summed E-state index contributed by atoms with van der Waals surface area (Å²) in [5, 5.41) is 59.3. The second-order valence-corrected chi connectivity index (χ2v) is 4.60. The molecule has 1 aromatic heterocycles. The van der Waals surface area contributed by atoms with Gasteiger partial charge in [0, 0.05) is 0 Å². The van der Waals surface area contributed by atoms with Gasteiger partial charge < -0.3 is 20.7 Å². The highest BCUT2D eigenvalue weighted by Crippen LogP contribution is 2.28. The van der Waals surface area contributed by atoms with Crippen molar-refractivity contribution in [2.75, 3.05) is 0 Å². The molecule has 0 spiro atoms. The molecule has 118 valence electrons. The summed E-state index contributed by atoms with van der Waals surface area (Å²) >= 11 is 0. The smallest absolute Gasteiger partial charge is 0.322 e. The SMILES string of the molecule is O=[N+]([O-])C1=CC(=[N+]([O-])[O-])c2nn(-c3ccccc3)[n+]([O-])c2C1O. The molecule has 1 atom stereocenters. The van der Waals surface area contributed by atoms with Gasteiger partial charge in [0.15, 0.2) is 0 Å². The minimum atomic E-state index is -1.92. The van der Waals surface area contributed by atoms with Gasteiger partial charge >= 0.3 is 5.69 Å². The summed E-state index contributed by atoms with van der Waals surface area (Å²) in [7, 11) is 0. The van der Waals surface area contributed by atoms with Crippen LogP contribution in [0.5, 0.6) is 0 Å². The van der Waals surface area contributed by atoms with Crippen molar-refractivity contribution in [2.24, 2.45) is 0 Å². The Balaban J connectivity index is 2.27. The number of aliphatic hydroxyl groups is 1. The summed E-state index contributed by atoms with van der Waals surface area (Å²) in [6.45, 7) is 0. The van der Waals surface area contributed by atoms with E-state index in [0.29, 0.717) is 6.08 Å². The van der Waals surface area contributed by atoms with Crippen molar-refractivity contribution in [3.05, 3.63) is 79.2 Å². The Morgan fingerprint density at radius 3 is 2.43 bits per heavy atom. The van der Waals surface area contributed by atoms with E-state index < -0.39 is 38.7 Å². The minimum Gasteiger partial charge on any atom is -0.692 e. The second-order valence-electron chi connectivity index (χ2n) is 4.60. The Hall–Kier alpha value is -3.47. The summed E-state index contributed by atoms with van der Waals surface area (Å²) in [5.74, 6) is 0. The van der Waals surface area contributed by atoms with E-state index in [1.807, 2.05) is 0 Å². The fourth-order valence-corrected chi connectivity index (χ4v) is 2.24. The van der Waals surface area contributed by atoms with Gasteiger partial charge in [-0.3, -0.25) is 10.1 Å². The van der Waals surface area contributed by atoms with Crippen molar-refractivity contribution in [3.63, 3.8) is 0 Å². The lowest BCUT2D eigenvalue weighted by Gasteiger charge is -2.14. The number of fused-ring (bicyclic) bond motifs is 1. The zero-order valence-electron chi connectivity index (χ0n) is 11.3. The molecular weight excluding hydrogens is 310 g/mol. The third-order valence-electron chi connectivity index (χ3n) is 3.28. The topological polar surface area (TPSA) is 157 Å². The molecule has 1 aromatic carbocycles. The number of para-hydroxylation sites is 1. The number of allylic oxidation sites excluding steroid dienone is 1. The summed E-state index contributed by atoms with van der Waals surface area (Å²) in [4.78, 5) is 9.96. The first-order chi connectivity index (χ1) is 10.9. The number of hydrogen-bond acceptors (Lipinski definition) is 7. The lowest BCUT2D eigenvalue weighted by molar-refractivity contribution is -0.699. The summed E-state index contributed by atoms with van der Waals surface area (Å²) in [5.41, 5.74) is -2.27. The molecule has 0 saturated heterocycles. The number of nitro groups is 1. The minimum absolute atomic E-state index is 0.106. The maximum Gasteiger partial charge on any atom is 0.322 e. The highest BCUT2D eigenvalue weighted by molar-refractivity contribution is 6.06. The third-order valence-corrected chi connectivity index (χ3v) is 3.28. The van der Waals surface area contributed by atoms with Gasteiger partial charge in [-0.1, -0.05) is 18.2 Å². The van der Waals surface area contributed by atoms with Gasteiger partial charge in [0.05, 0.1) is 16.1 Å². The second kappa shape index (κ2) is 5.06. The van der Waals surface area contributed by atoms with Crippen molar-refractivity contribution in [3.8, 4) is 5.69 Å². The number of rotatable bonds is 2. The molecule has 1 unspecified atom stereocenters. The van der Waals surface area contributed by atoms with Gasteiger partial charge in [0.25, 0.3) is 11.4 Å². The number of hydrogen-bond donors (Lipinski definition) is 1. The molecule has 1 heterocycles. The Morgan fingerprint density at radius 2 is 1.87 bits per heavy atom. The Labute approximate surface area is 127 Å². The zero-order chi connectivity index (χ0) is 16.7. The molecule has 23 heavy (non-hydrogen) atoms. The molecule has 1 aliphatic carbocycles. The average Bonchev–Trinajstić information content (AvgIpc) is 2.86. The van der Waals surface area contributed by atoms with Crippen LogP contribution in [0.25, 0.3) is 5.69 Å². The molecule has 0 bridgehead atoms. The number of benzene rings is 1. The van der Waals surface area contributed by atoms with Crippen molar-refractivity contribution < 1.29 is 19.8 Å². The molecule has 11 nitrogen and oxygen atoms in total. The fourth-order valence-electron chi connectivity index (χ4n) is 2.24. The molecule has 2 aromatic rings. The third kappa shape index (κ3) is 2.15. The van der Waals surface area contributed by atoms with Crippen LogP contribution in [0.3, 0.4) is 0 Å². The maximum atomic E-state index is 12.3. The van der Waals surface area contributed by atoms with Crippen LogP contribution in [-0.4, -0.2) is 30.5 Å². The van der Waals surface area contributed by atoms with Crippen LogP contribution < -0.4 is 4.85 Å². The number of aliphatic hydroxyl groups excluding tert-OH is 1. The molecule has 0 aliphatic heterocycles. The van der Waals surface area contributed by atoms with Gasteiger partial charge in [-0.15, -0.1) is 4.85 Å². The Kier molecular flexibility index (Phi) is 3.19. The van der Waals surface area contributed by atoms with Crippen molar-refractivity contribution in [1.29, 1.82) is 0 Å². The number of nitrogens with zero attached hydrogens (tertiary/aromatic N) is 5. The van der Waals surface area contributed by atoms with E-state index in [2.05, 4.69) is 5.10 Å². The molecule has 0 radical (unpaired) electrons. The predicted octanol–water partition coefficient (Wildman–Crippen LogP) is -0.489. The van der Waals surface area contributed by atoms with E-state index in [1.165, 1.54) is 12.1 Å². The van der Waals surface area contributed by atoms with E-state index in [-0.39, 0.29) is 10.5 Å². The van der Waals surface area contributed by atoms with Crippen LogP contribution in [0, 0.1) is 25.7 Å². The Bertz CT molecular complexity index is 852. The summed E-state index contributed by atoms with van der Waals surface area (Å²) in [6.07, 6.45) is -1.31. The first kappa shape index (κ1) is 14.5. The molecular formula is C12H8N5O6-. The molecule has 0 fully saturated rings. The van der Waals surface area contributed by atoms with Crippen molar-refractivity contribution in [1.82, 2.24) is 9.90 Å². The van der Waals surface area contributed by atoms with Gasteiger partial charge in [0.2, 0.25) is 11.8 Å². The predicted molar refractivity (Wildman–Crippen MR) is 73.7 cm³/mol. The highest BCUT2D eigenvalue weighted by Gasteiger charge is 2.46. The monoisotopic (exact) mass is 318 g/mol. The standard InChI is InChI=1S/C12H8N5O6/c18-12-9(17(22)23)6-8(16(20)21)10-11(12)15(19)14(13-10)7-4-2-1-3-5-7/h1-6,12,18H/q-1. The van der Waals surface area contributed by atoms with Gasteiger partial charge in [0.1, 0.15) is 5.69 Å². The first-order valence-electron chi connectivity index (χ1n) is 6.25. The van der Waals surface area contributed by atoms with Crippen LogP contribution in [-0.2, 0) is 0 Å². The van der Waals surface area contributed by atoms with E-state index in [1.54, 1.807) is 18.2 Å². The Morgan fingerprint density at radius 1 is 1.22 bits per heavy atom. The fraction of sp³-hybridized carbons (Fsp3) is 0.0833. The average molecular weight is 318 g/mol. The molecule has 1 N–H and O–H groups in total.